The zero-order chi connectivity index (χ0) is 10.4. The van der Waals surface area contributed by atoms with Gasteiger partial charge in [-0.2, -0.15) is 0 Å². The molecule has 3 N–H and O–H groups in total. The van der Waals surface area contributed by atoms with Gasteiger partial charge in [-0.1, -0.05) is 0 Å². The molecule has 0 aromatic carbocycles. The Labute approximate surface area is 86.5 Å². The highest BCUT2D eigenvalue weighted by Gasteiger charge is 2.07. The smallest absolute Gasteiger partial charge is 0.270 e. The Kier molecular flexibility index (Phi) is 3.95. The number of aromatic nitrogens is 1. The molecule has 0 aliphatic heterocycles. The largest absolute Gasteiger partial charge is 0.375 e. The van der Waals surface area contributed by atoms with Crippen molar-refractivity contribution in [3.05, 3.63) is 11.1 Å². The van der Waals surface area contributed by atoms with Crippen LogP contribution in [0, 0.1) is 12.3 Å². The minimum absolute atomic E-state index is 0.199. The molecule has 0 fully saturated rings. The molecule has 0 unspecified atom stereocenters. The lowest BCUT2D eigenvalue weighted by Gasteiger charge is -1.99. The molecule has 5 heteroatoms. The molecule has 1 heterocycles. The molecule has 0 saturated carbocycles. The predicted molar refractivity (Wildman–Crippen MR) is 56.9 cm³/mol. The van der Waals surface area contributed by atoms with Gasteiger partial charge in [0.2, 0.25) is 0 Å². The number of nitrogens with two attached hydrogens (primary N) is 1. The molecule has 0 atom stereocenters. The zero-order valence-corrected chi connectivity index (χ0v) is 8.43. The minimum Gasteiger partial charge on any atom is -0.375 e. The molecule has 0 aliphatic rings. The number of thiazole rings is 1. The third kappa shape index (κ3) is 3.07. The van der Waals surface area contributed by atoms with Crippen molar-refractivity contribution < 1.29 is 4.79 Å². The highest BCUT2D eigenvalue weighted by Crippen LogP contribution is 2.10. The molecular weight excluding hydrogens is 198 g/mol. The first-order chi connectivity index (χ1) is 6.74. The summed E-state index contributed by atoms with van der Waals surface area (Å²) in [5.41, 5.74) is 5.76. The van der Waals surface area contributed by atoms with Crippen molar-refractivity contribution >= 4 is 22.4 Å². The fraction of sp³-hybridized carbons (Fsp3) is 0.333. The van der Waals surface area contributed by atoms with Crippen LogP contribution in [0.4, 0.5) is 5.13 Å². The number of terminal acetylenes is 1. The lowest BCUT2D eigenvalue weighted by atomic mass is 10.3. The van der Waals surface area contributed by atoms with Gasteiger partial charge in [-0.15, -0.1) is 23.7 Å². The number of carbonyl (C=O) groups is 1. The van der Waals surface area contributed by atoms with Crippen LogP contribution in [0.25, 0.3) is 0 Å². The van der Waals surface area contributed by atoms with Crippen LogP contribution in [0.1, 0.15) is 23.3 Å². The number of nitrogens with one attached hydrogen (secondary N) is 1. The first-order valence-electron chi connectivity index (χ1n) is 4.16. The lowest BCUT2D eigenvalue weighted by molar-refractivity contribution is 0.0949. The van der Waals surface area contributed by atoms with Gasteiger partial charge in [-0.05, 0) is 6.42 Å². The highest BCUT2D eigenvalue weighted by atomic mass is 32.1. The van der Waals surface area contributed by atoms with Crippen molar-refractivity contribution in [2.24, 2.45) is 0 Å². The molecule has 0 aliphatic carbocycles. The van der Waals surface area contributed by atoms with E-state index in [0.717, 1.165) is 6.42 Å². The Morgan fingerprint density at radius 2 is 2.57 bits per heavy atom. The van der Waals surface area contributed by atoms with Crippen LogP contribution in [-0.2, 0) is 0 Å². The van der Waals surface area contributed by atoms with E-state index in [-0.39, 0.29) is 5.91 Å². The van der Waals surface area contributed by atoms with Gasteiger partial charge in [-0.3, -0.25) is 4.79 Å². The molecule has 0 bridgehead atoms. The summed E-state index contributed by atoms with van der Waals surface area (Å²) in [6, 6.07) is 0. The summed E-state index contributed by atoms with van der Waals surface area (Å²) in [5, 5.41) is 4.73. The van der Waals surface area contributed by atoms with Gasteiger partial charge in [0.1, 0.15) is 5.69 Å². The molecule has 0 spiro atoms. The number of hydrogen-bond donors (Lipinski definition) is 2. The SMILES string of the molecule is C#CCCCNC(=O)c1csc(N)n1. The van der Waals surface area contributed by atoms with Crippen LogP contribution >= 0.6 is 11.3 Å². The van der Waals surface area contributed by atoms with E-state index >= 15 is 0 Å². The second-order valence-electron chi connectivity index (χ2n) is 2.63. The summed E-state index contributed by atoms with van der Waals surface area (Å²) in [6.07, 6.45) is 6.52. The van der Waals surface area contributed by atoms with E-state index in [2.05, 4.69) is 16.2 Å². The highest BCUT2D eigenvalue weighted by molar-refractivity contribution is 7.13. The van der Waals surface area contributed by atoms with E-state index in [1.807, 2.05) is 0 Å². The maximum atomic E-state index is 11.3. The Hall–Kier alpha value is -1.54. The normalized spacial score (nSPS) is 9.36. The van der Waals surface area contributed by atoms with Crippen LogP contribution in [-0.4, -0.2) is 17.4 Å². The maximum absolute atomic E-state index is 11.3. The second kappa shape index (κ2) is 5.25. The molecule has 1 aromatic heterocycles. The number of anilines is 1. The molecule has 0 saturated heterocycles. The predicted octanol–water partition coefficient (Wildman–Crippen LogP) is 0.869. The van der Waals surface area contributed by atoms with E-state index < -0.39 is 0 Å². The quantitative estimate of drug-likeness (QED) is 0.571. The van der Waals surface area contributed by atoms with Crippen molar-refractivity contribution in [3.63, 3.8) is 0 Å². The second-order valence-corrected chi connectivity index (χ2v) is 3.52. The third-order valence-electron chi connectivity index (χ3n) is 1.54. The van der Waals surface area contributed by atoms with Gasteiger partial charge >= 0.3 is 0 Å². The van der Waals surface area contributed by atoms with Crippen molar-refractivity contribution in [1.82, 2.24) is 10.3 Å². The number of carbonyl (C=O) groups excluding carboxylic acids is 1. The first kappa shape index (κ1) is 10.5. The standard InChI is InChI=1S/C9H11N3OS/c1-2-3-4-5-11-8(13)7-6-14-9(10)12-7/h1,6H,3-5H2,(H2,10,12)(H,11,13). The summed E-state index contributed by atoms with van der Waals surface area (Å²) >= 11 is 1.25. The number of rotatable bonds is 4. The summed E-state index contributed by atoms with van der Waals surface area (Å²) in [4.78, 5) is 15.2. The minimum atomic E-state index is -0.199. The van der Waals surface area contributed by atoms with Gasteiger partial charge in [0, 0.05) is 18.3 Å². The molecule has 1 aromatic rings. The lowest BCUT2D eigenvalue weighted by Crippen LogP contribution is -2.24. The van der Waals surface area contributed by atoms with Gasteiger partial charge in [0.05, 0.1) is 0 Å². The van der Waals surface area contributed by atoms with E-state index in [9.17, 15) is 4.79 Å². The van der Waals surface area contributed by atoms with E-state index in [1.165, 1.54) is 11.3 Å². The number of nitrogens with zero attached hydrogens (tertiary/aromatic N) is 1. The number of unbranched alkanes of at least 4 members (excludes halogenated alkanes) is 1. The third-order valence-corrected chi connectivity index (χ3v) is 2.21. The van der Waals surface area contributed by atoms with Crippen LogP contribution in [0.5, 0.6) is 0 Å². The molecule has 1 rings (SSSR count). The van der Waals surface area contributed by atoms with Crippen LogP contribution < -0.4 is 11.1 Å². The van der Waals surface area contributed by atoms with E-state index in [1.54, 1.807) is 5.38 Å². The monoisotopic (exact) mass is 209 g/mol. The molecular formula is C9H11N3OS. The Bertz CT molecular complexity index is 353. The van der Waals surface area contributed by atoms with E-state index in [0.29, 0.717) is 23.8 Å². The van der Waals surface area contributed by atoms with Gasteiger partial charge in [-0.25, -0.2) is 4.98 Å². The molecule has 0 radical (unpaired) electrons. The van der Waals surface area contributed by atoms with Crippen LogP contribution in [0.15, 0.2) is 5.38 Å². The number of nitrogen functional groups attached to an aromatic ring is 1. The average molecular weight is 209 g/mol. The molecule has 74 valence electrons. The number of hydrogen-bond acceptors (Lipinski definition) is 4. The number of amides is 1. The summed E-state index contributed by atoms with van der Waals surface area (Å²) in [5.74, 6) is 2.30. The fourth-order valence-corrected chi connectivity index (χ4v) is 1.42. The van der Waals surface area contributed by atoms with Gasteiger partial charge in [0.25, 0.3) is 5.91 Å². The zero-order valence-electron chi connectivity index (χ0n) is 7.62. The topological polar surface area (TPSA) is 68.0 Å². The van der Waals surface area contributed by atoms with Crippen LogP contribution in [0.3, 0.4) is 0 Å². The van der Waals surface area contributed by atoms with Crippen LogP contribution in [0.2, 0.25) is 0 Å². The van der Waals surface area contributed by atoms with Gasteiger partial charge in [0.15, 0.2) is 5.13 Å². The molecule has 4 nitrogen and oxygen atoms in total. The van der Waals surface area contributed by atoms with Crippen molar-refractivity contribution in [3.8, 4) is 12.3 Å². The Morgan fingerprint density at radius 3 is 3.14 bits per heavy atom. The molecule has 14 heavy (non-hydrogen) atoms. The van der Waals surface area contributed by atoms with Gasteiger partial charge < -0.3 is 11.1 Å². The summed E-state index contributed by atoms with van der Waals surface area (Å²) < 4.78 is 0. The fourth-order valence-electron chi connectivity index (χ4n) is 0.875. The van der Waals surface area contributed by atoms with Crippen molar-refractivity contribution in [1.29, 1.82) is 0 Å². The Morgan fingerprint density at radius 1 is 1.79 bits per heavy atom. The summed E-state index contributed by atoms with van der Waals surface area (Å²) in [6.45, 7) is 0.570. The van der Waals surface area contributed by atoms with E-state index in [4.69, 9.17) is 12.2 Å². The molecule has 1 amide bonds. The summed E-state index contributed by atoms with van der Waals surface area (Å²) in [7, 11) is 0. The maximum Gasteiger partial charge on any atom is 0.270 e. The Balaban J connectivity index is 2.33. The average Bonchev–Trinajstić information content (AvgIpc) is 2.59. The van der Waals surface area contributed by atoms with Crippen molar-refractivity contribution in [2.75, 3.05) is 12.3 Å². The first-order valence-corrected chi connectivity index (χ1v) is 5.04. The van der Waals surface area contributed by atoms with Crippen molar-refractivity contribution in [2.45, 2.75) is 12.8 Å².